The number of aromatic carboxylic acids is 1. The molecule has 0 radical (unpaired) electrons. The van der Waals surface area contributed by atoms with E-state index in [-0.39, 0.29) is 11.5 Å². The van der Waals surface area contributed by atoms with E-state index < -0.39 is 11.9 Å². The van der Waals surface area contributed by atoms with Crippen LogP contribution in [-0.4, -0.2) is 28.6 Å². The smallest absolute Gasteiger partial charge is 0.335 e. The molecule has 31 heavy (non-hydrogen) atoms. The Hall–Kier alpha value is -4.46. The molecule has 0 saturated carbocycles. The lowest BCUT2D eigenvalue weighted by Crippen LogP contribution is -2.21. The van der Waals surface area contributed by atoms with Gasteiger partial charge in [0.2, 0.25) is 5.91 Å². The summed E-state index contributed by atoms with van der Waals surface area (Å²) < 4.78 is 5.83. The number of carboxylic acids is 1. The maximum Gasteiger partial charge on any atom is 0.335 e. The van der Waals surface area contributed by atoms with E-state index in [0.717, 1.165) is 0 Å². The molecule has 2 amide bonds. The van der Waals surface area contributed by atoms with Crippen molar-refractivity contribution in [3.8, 4) is 11.3 Å². The maximum atomic E-state index is 12.9. The van der Waals surface area contributed by atoms with Crippen molar-refractivity contribution < 1.29 is 23.9 Å². The lowest BCUT2D eigenvalue weighted by molar-refractivity contribution is -0.114. The van der Waals surface area contributed by atoms with E-state index >= 15 is 0 Å². The Morgan fingerprint density at radius 1 is 1.06 bits per heavy atom. The first-order chi connectivity index (χ1) is 14.8. The summed E-state index contributed by atoms with van der Waals surface area (Å²) in [6.45, 7) is 1.70. The largest absolute Gasteiger partial charge is 0.478 e. The number of carbonyl (C=O) groups excluding carboxylic acids is 2. The third-order valence-corrected chi connectivity index (χ3v) is 4.77. The first-order valence-electron chi connectivity index (χ1n) is 9.28. The standard InChI is InChI=1S/C23H17N3O5/c1-13-19(22(28)26(25-13)17-7-5-14(6-8-17)23(29)30)12-18-9-10-20(31-18)15-3-2-4-16(11-15)21(24)27/h2-12H,1H3,(H2,24,27)(H,29,30)/b19-12-. The van der Waals surface area contributed by atoms with E-state index in [2.05, 4.69) is 5.10 Å². The predicted octanol–water partition coefficient (Wildman–Crippen LogP) is 3.55. The summed E-state index contributed by atoms with van der Waals surface area (Å²) in [7, 11) is 0. The summed E-state index contributed by atoms with van der Waals surface area (Å²) in [5.74, 6) is -0.962. The van der Waals surface area contributed by atoms with E-state index in [1.807, 2.05) is 0 Å². The van der Waals surface area contributed by atoms with Crippen LogP contribution in [0.3, 0.4) is 0 Å². The molecule has 8 nitrogen and oxygen atoms in total. The number of hydrazone groups is 1. The number of rotatable bonds is 5. The first-order valence-corrected chi connectivity index (χ1v) is 9.28. The fourth-order valence-corrected chi connectivity index (χ4v) is 3.16. The quantitative estimate of drug-likeness (QED) is 0.616. The van der Waals surface area contributed by atoms with Gasteiger partial charge in [-0.2, -0.15) is 10.1 Å². The minimum Gasteiger partial charge on any atom is -0.478 e. The zero-order valence-corrected chi connectivity index (χ0v) is 16.4. The number of anilines is 1. The molecule has 1 aromatic heterocycles. The Morgan fingerprint density at radius 3 is 2.48 bits per heavy atom. The van der Waals surface area contributed by atoms with Crippen molar-refractivity contribution in [2.24, 2.45) is 10.8 Å². The van der Waals surface area contributed by atoms with E-state index in [1.54, 1.807) is 49.4 Å². The molecule has 0 saturated heterocycles. The summed E-state index contributed by atoms with van der Waals surface area (Å²) >= 11 is 0. The van der Waals surface area contributed by atoms with Crippen molar-refractivity contribution in [1.29, 1.82) is 0 Å². The molecule has 154 valence electrons. The van der Waals surface area contributed by atoms with E-state index in [1.165, 1.54) is 29.3 Å². The maximum absolute atomic E-state index is 12.9. The topological polar surface area (TPSA) is 126 Å². The molecule has 2 aromatic carbocycles. The molecule has 0 bridgehead atoms. The van der Waals surface area contributed by atoms with Gasteiger partial charge in [0.05, 0.1) is 22.5 Å². The number of hydrogen-bond donors (Lipinski definition) is 2. The molecule has 0 unspecified atom stereocenters. The van der Waals surface area contributed by atoms with Gasteiger partial charge in [0.1, 0.15) is 11.5 Å². The van der Waals surface area contributed by atoms with Crippen LogP contribution in [0.5, 0.6) is 0 Å². The number of nitrogens with zero attached hydrogens (tertiary/aromatic N) is 2. The molecule has 4 rings (SSSR count). The lowest BCUT2D eigenvalue weighted by Gasteiger charge is -2.11. The van der Waals surface area contributed by atoms with Gasteiger partial charge in [-0.25, -0.2) is 4.79 Å². The predicted molar refractivity (Wildman–Crippen MR) is 115 cm³/mol. The molecule has 3 aromatic rings. The fraction of sp³-hybridized carbons (Fsp3) is 0.0435. The van der Waals surface area contributed by atoms with Crippen LogP contribution < -0.4 is 10.7 Å². The summed E-state index contributed by atoms with van der Waals surface area (Å²) in [4.78, 5) is 35.3. The van der Waals surface area contributed by atoms with Crippen LogP contribution in [0.25, 0.3) is 17.4 Å². The number of amides is 2. The minimum atomic E-state index is -1.05. The van der Waals surface area contributed by atoms with Crippen molar-refractivity contribution in [3.05, 3.63) is 83.1 Å². The van der Waals surface area contributed by atoms with E-state index in [9.17, 15) is 14.4 Å². The molecular formula is C23H17N3O5. The number of nitrogens with two attached hydrogens (primary N) is 1. The molecular weight excluding hydrogens is 398 g/mol. The highest BCUT2D eigenvalue weighted by Gasteiger charge is 2.29. The first kappa shape index (κ1) is 19.8. The minimum absolute atomic E-state index is 0.121. The Bertz CT molecular complexity index is 1270. The Labute approximate surface area is 176 Å². The Morgan fingerprint density at radius 2 is 1.81 bits per heavy atom. The van der Waals surface area contributed by atoms with Crippen LogP contribution >= 0.6 is 0 Å². The van der Waals surface area contributed by atoms with Crippen molar-refractivity contribution in [2.75, 3.05) is 5.01 Å². The third kappa shape index (κ3) is 3.86. The van der Waals surface area contributed by atoms with Gasteiger partial charge in [0.15, 0.2) is 0 Å². The summed E-state index contributed by atoms with van der Waals surface area (Å²) in [6, 6.07) is 16.1. The molecule has 1 aliphatic rings. The van der Waals surface area contributed by atoms with Crippen molar-refractivity contribution >= 4 is 35.3 Å². The summed E-state index contributed by atoms with van der Waals surface area (Å²) in [6.07, 6.45) is 1.59. The van der Waals surface area contributed by atoms with Gasteiger partial charge in [-0.3, -0.25) is 9.59 Å². The van der Waals surface area contributed by atoms with Gasteiger partial charge >= 0.3 is 5.97 Å². The molecule has 2 heterocycles. The average Bonchev–Trinajstić information content (AvgIpc) is 3.34. The summed E-state index contributed by atoms with van der Waals surface area (Å²) in [5, 5.41) is 14.5. The lowest BCUT2D eigenvalue weighted by atomic mass is 10.1. The fourth-order valence-electron chi connectivity index (χ4n) is 3.16. The Kier molecular flexibility index (Phi) is 4.96. The van der Waals surface area contributed by atoms with Crippen LogP contribution in [0.4, 0.5) is 5.69 Å². The molecule has 0 fully saturated rings. The van der Waals surface area contributed by atoms with Crippen LogP contribution in [0.2, 0.25) is 0 Å². The molecule has 1 aliphatic heterocycles. The highest BCUT2D eigenvalue weighted by atomic mass is 16.4. The van der Waals surface area contributed by atoms with Gasteiger partial charge in [-0.05, 0) is 61.5 Å². The second-order valence-electron chi connectivity index (χ2n) is 6.86. The van der Waals surface area contributed by atoms with Gasteiger partial charge in [0.25, 0.3) is 5.91 Å². The average molecular weight is 415 g/mol. The molecule has 3 N–H and O–H groups in total. The monoisotopic (exact) mass is 415 g/mol. The highest BCUT2D eigenvalue weighted by Crippen LogP contribution is 2.28. The normalized spacial score (nSPS) is 14.7. The Balaban J connectivity index is 1.59. The number of furan rings is 1. The number of carbonyl (C=O) groups is 3. The van der Waals surface area contributed by atoms with Crippen molar-refractivity contribution in [1.82, 2.24) is 0 Å². The van der Waals surface area contributed by atoms with Gasteiger partial charge in [-0.1, -0.05) is 12.1 Å². The van der Waals surface area contributed by atoms with Crippen molar-refractivity contribution in [2.45, 2.75) is 6.92 Å². The van der Waals surface area contributed by atoms with Crippen LogP contribution in [0.15, 0.2) is 75.8 Å². The highest BCUT2D eigenvalue weighted by molar-refractivity contribution is 6.32. The SMILES string of the molecule is CC1=NN(c2ccc(C(=O)O)cc2)C(=O)/C1=C\c1ccc(-c2cccc(C(N)=O)c2)o1. The van der Waals surface area contributed by atoms with Crippen LogP contribution in [0.1, 0.15) is 33.4 Å². The zero-order chi connectivity index (χ0) is 22.1. The molecule has 0 aliphatic carbocycles. The molecule has 0 atom stereocenters. The third-order valence-electron chi connectivity index (χ3n) is 4.77. The van der Waals surface area contributed by atoms with Crippen LogP contribution in [-0.2, 0) is 4.79 Å². The number of benzene rings is 2. The second-order valence-corrected chi connectivity index (χ2v) is 6.86. The van der Waals surface area contributed by atoms with Gasteiger partial charge in [0, 0.05) is 11.1 Å². The van der Waals surface area contributed by atoms with E-state index in [0.29, 0.717) is 39.6 Å². The zero-order valence-electron chi connectivity index (χ0n) is 16.4. The van der Waals surface area contributed by atoms with Crippen molar-refractivity contribution in [3.63, 3.8) is 0 Å². The van der Waals surface area contributed by atoms with Gasteiger partial charge in [-0.15, -0.1) is 0 Å². The number of carboxylic acid groups (broad SMARTS) is 1. The second kappa shape index (κ2) is 7.75. The van der Waals surface area contributed by atoms with Crippen LogP contribution in [0, 0.1) is 0 Å². The molecule has 8 heteroatoms. The van der Waals surface area contributed by atoms with E-state index in [4.69, 9.17) is 15.3 Å². The number of primary amides is 1. The molecule has 0 spiro atoms. The van der Waals surface area contributed by atoms with Gasteiger partial charge < -0.3 is 15.3 Å². The summed E-state index contributed by atoms with van der Waals surface area (Å²) in [5.41, 5.74) is 7.81. The number of hydrogen-bond acceptors (Lipinski definition) is 5.